The van der Waals surface area contributed by atoms with Crippen molar-refractivity contribution >= 4 is 11.9 Å². The summed E-state index contributed by atoms with van der Waals surface area (Å²) in [5.41, 5.74) is 1.85. The quantitative estimate of drug-likeness (QED) is 0.932. The third-order valence-electron chi connectivity index (χ3n) is 4.57. The predicted molar refractivity (Wildman–Crippen MR) is 86.6 cm³/mol. The highest BCUT2D eigenvalue weighted by atomic mass is 19.1. The summed E-state index contributed by atoms with van der Waals surface area (Å²) in [5, 5.41) is 2.82. The van der Waals surface area contributed by atoms with Crippen molar-refractivity contribution in [3.8, 4) is 0 Å². The monoisotopic (exact) mass is 341 g/mol. The first kappa shape index (κ1) is 15.4. The Balaban J connectivity index is 1.69. The molecule has 2 aliphatic heterocycles. The van der Waals surface area contributed by atoms with Crippen LogP contribution in [0.5, 0.6) is 0 Å². The van der Waals surface area contributed by atoms with E-state index in [1.54, 1.807) is 42.5 Å². The maximum absolute atomic E-state index is 13.2. The zero-order chi connectivity index (χ0) is 17.6. The molecule has 0 radical (unpaired) electrons. The molecule has 0 bridgehead atoms. The number of likely N-dealkylation sites (N-methyl/N-ethyl adjacent to an activating group) is 1. The minimum absolute atomic E-state index is 0.160. The van der Waals surface area contributed by atoms with Crippen LogP contribution in [0.3, 0.4) is 0 Å². The fraction of sp³-hybridized carbons (Fsp3) is 0.222. The average molecular weight is 341 g/mol. The maximum Gasteiger partial charge on any atom is 0.322 e. The molecule has 0 saturated heterocycles. The van der Waals surface area contributed by atoms with E-state index in [4.69, 9.17) is 4.42 Å². The van der Waals surface area contributed by atoms with Gasteiger partial charge in [0.1, 0.15) is 11.6 Å². The molecule has 0 saturated carbocycles. The average Bonchev–Trinajstić information content (AvgIpc) is 3.22. The van der Waals surface area contributed by atoms with E-state index in [0.29, 0.717) is 35.7 Å². The normalized spacial score (nSPS) is 20.2. The minimum Gasteiger partial charge on any atom is -0.467 e. The number of urea groups is 1. The third kappa shape index (κ3) is 2.57. The van der Waals surface area contributed by atoms with Crippen LogP contribution >= 0.6 is 0 Å². The molecule has 128 valence electrons. The predicted octanol–water partition coefficient (Wildman–Crippen LogP) is 2.41. The van der Waals surface area contributed by atoms with Gasteiger partial charge in [-0.05, 0) is 29.8 Å². The number of hydrogen-bond acceptors (Lipinski definition) is 3. The largest absolute Gasteiger partial charge is 0.467 e. The molecular weight excluding hydrogens is 325 g/mol. The van der Waals surface area contributed by atoms with Crippen LogP contribution in [0, 0.1) is 5.82 Å². The van der Waals surface area contributed by atoms with Crippen LogP contribution in [0.2, 0.25) is 0 Å². The molecule has 0 spiro atoms. The number of nitrogens with one attached hydrogen (secondary N) is 1. The lowest BCUT2D eigenvalue weighted by molar-refractivity contribution is -0.126. The highest BCUT2D eigenvalue weighted by Gasteiger charge is 2.42. The van der Waals surface area contributed by atoms with Gasteiger partial charge in [-0.25, -0.2) is 9.18 Å². The van der Waals surface area contributed by atoms with Crippen molar-refractivity contribution in [2.75, 3.05) is 13.6 Å². The topological polar surface area (TPSA) is 65.8 Å². The van der Waals surface area contributed by atoms with Crippen molar-refractivity contribution in [2.24, 2.45) is 0 Å². The van der Waals surface area contributed by atoms with E-state index in [1.807, 2.05) is 0 Å². The maximum atomic E-state index is 13.2. The zero-order valence-corrected chi connectivity index (χ0v) is 13.5. The van der Waals surface area contributed by atoms with E-state index in [0.717, 1.165) is 0 Å². The molecular formula is C18H16FN3O3. The van der Waals surface area contributed by atoms with Crippen LogP contribution in [-0.4, -0.2) is 35.3 Å². The molecule has 2 aromatic rings. The number of hydrogen-bond donors (Lipinski definition) is 1. The molecule has 1 aromatic heterocycles. The highest BCUT2D eigenvalue weighted by Crippen LogP contribution is 2.36. The molecule has 1 atom stereocenters. The Hall–Kier alpha value is -3.09. The molecule has 6 nitrogen and oxygen atoms in total. The molecule has 4 rings (SSSR count). The molecule has 1 unspecified atom stereocenters. The summed E-state index contributed by atoms with van der Waals surface area (Å²) in [6, 6.07) is 8.49. The first-order valence-electron chi connectivity index (χ1n) is 7.89. The van der Waals surface area contributed by atoms with Gasteiger partial charge in [-0.15, -0.1) is 0 Å². The number of carbonyl (C=O) groups excluding carboxylic acids is 2. The van der Waals surface area contributed by atoms with Gasteiger partial charge >= 0.3 is 6.03 Å². The Bertz CT molecular complexity index is 858. The number of benzene rings is 1. The van der Waals surface area contributed by atoms with Crippen molar-refractivity contribution in [3.05, 3.63) is 71.1 Å². The van der Waals surface area contributed by atoms with Gasteiger partial charge in [-0.1, -0.05) is 12.1 Å². The van der Waals surface area contributed by atoms with Crippen molar-refractivity contribution in [3.63, 3.8) is 0 Å². The molecule has 2 aliphatic rings. The standard InChI is InChI=1S/C18H16FN3O3/c1-21-14-10-22(9-13-3-2-8-25-13)17(23)15(14)16(20-18(21)24)11-4-6-12(19)7-5-11/h2-8,16H,9-10H2,1H3,(H,20,24). The van der Waals surface area contributed by atoms with Gasteiger partial charge in [0.2, 0.25) is 0 Å². The number of carbonyl (C=O) groups is 2. The Kier molecular flexibility index (Phi) is 3.56. The molecule has 25 heavy (non-hydrogen) atoms. The minimum atomic E-state index is -0.589. The van der Waals surface area contributed by atoms with Gasteiger partial charge in [0.05, 0.1) is 36.7 Å². The molecule has 0 fully saturated rings. The summed E-state index contributed by atoms with van der Waals surface area (Å²) in [6.45, 7) is 0.660. The second kappa shape index (κ2) is 5.77. The highest BCUT2D eigenvalue weighted by molar-refractivity contribution is 6.01. The van der Waals surface area contributed by atoms with Crippen LogP contribution in [0.15, 0.2) is 58.3 Å². The molecule has 1 aromatic carbocycles. The van der Waals surface area contributed by atoms with Gasteiger partial charge in [-0.3, -0.25) is 9.69 Å². The van der Waals surface area contributed by atoms with Gasteiger partial charge in [0.25, 0.3) is 5.91 Å². The Morgan fingerprint density at radius 3 is 2.68 bits per heavy atom. The smallest absolute Gasteiger partial charge is 0.322 e. The lowest BCUT2D eigenvalue weighted by Crippen LogP contribution is -2.45. The summed E-state index contributed by atoms with van der Waals surface area (Å²) in [6.07, 6.45) is 1.56. The van der Waals surface area contributed by atoms with Crippen LogP contribution in [0.4, 0.5) is 9.18 Å². The SMILES string of the molecule is CN1C(=O)NC(c2ccc(F)cc2)C2=C1CN(Cc1ccco1)C2=O. The fourth-order valence-electron chi connectivity index (χ4n) is 3.25. The van der Waals surface area contributed by atoms with Gasteiger partial charge in [0, 0.05) is 7.05 Å². The van der Waals surface area contributed by atoms with Gasteiger partial charge in [-0.2, -0.15) is 0 Å². The van der Waals surface area contributed by atoms with Crippen molar-refractivity contribution in [1.82, 2.24) is 15.1 Å². The number of furan rings is 1. The van der Waals surface area contributed by atoms with Crippen LogP contribution in [-0.2, 0) is 11.3 Å². The lowest BCUT2D eigenvalue weighted by Gasteiger charge is -2.31. The van der Waals surface area contributed by atoms with E-state index >= 15 is 0 Å². The molecule has 7 heteroatoms. The first-order valence-corrected chi connectivity index (χ1v) is 7.89. The summed E-state index contributed by atoms with van der Waals surface area (Å²) < 4.78 is 18.5. The van der Waals surface area contributed by atoms with Gasteiger partial charge < -0.3 is 14.6 Å². The molecule has 0 aliphatic carbocycles. The zero-order valence-electron chi connectivity index (χ0n) is 13.5. The summed E-state index contributed by atoms with van der Waals surface area (Å²) in [5.74, 6) is 0.149. The Morgan fingerprint density at radius 2 is 2.00 bits per heavy atom. The third-order valence-corrected chi connectivity index (χ3v) is 4.57. The fourth-order valence-corrected chi connectivity index (χ4v) is 3.25. The van der Waals surface area contributed by atoms with Crippen molar-refractivity contribution in [2.45, 2.75) is 12.6 Å². The van der Waals surface area contributed by atoms with Crippen molar-refractivity contribution in [1.29, 1.82) is 0 Å². The Labute approximate surface area is 143 Å². The van der Waals surface area contributed by atoms with Crippen LogP contribution in [0.25, 0.3) is 0 Å². The van der Waals surface area contributed by atoms with E-state index in [2.05, 4.69) is 5.32 Å². The number of nitrogens with zero attached hydrogens (tertiary/aromatic N) is 2. The van der Waals surface area contributed by atoms with Gasteiger partial charge in [0.15, 0.2) is 0 Å². The molecule has 3 amide bonds. The number of amides is 3. The number of rotatable bonds is 3. The lowest BCUT2D eigenvalue weighted by atomic mass is 9.96. The van der Waals surface area contributed by atoms with Crippen LogP contribution < -0.4 is 5.32 Å². The second-order valence-electron chi connectivity index (χ2n) is 6.09. The van der Waals surface area contributed by atoms with E-state index in [1.165, 1.54) is 17.0 Å². The molecule has 3 heterocycles. The first-order chi connectivity index (χ1) is 12.0. The number of halogens is 1. The van der Waals surface area contributed by atoms with E-state index in [-0.39, 0.29) is 17.8 Å². The summed E-state index contributed by atoms with van der Waals surface area (Å²) in [7, 11) is 1.63. The van der Waals surface area contributed by atoms with Crippen molar-refractivity contribution < 1.29 is 18.4 Å². The van der Waals surface area contributed by atoms with E-state index in [9.17, 15) is 14.0 Å². The van der Waals surface area contributed by atoms with E-state index < -0.39 is 6.04 Å². The Morgan fingerprint density at radius 1 is 1.24 bits per heavy atom. The summed E-state index contributed by atoms with van der Waals surface area (Å²) in [4.78, 5) is 28.3. The van der Waals surface area contributed by atoms with Crippen LogP contribution in [0.1, 0.15) is 17.4 Å². The summed E-state index contributed by atoms with van der Waals surface area (Å²) >= 11 is 0. The second-order valence-corrected chi connectivity index (χ2v) is 6.09. The molecule has 1 N–H and O–H groups in total.